The van der Waals surface area contributed by atoms with Gasteiger partial charge in [-0.2, -0.15) is 0 Å². The zero-order chi connectivity index (χ0) is 16.8. The molecule has 0 saturated heterocycles. The SMILES string of the molecule is O=C(NCc1ccc(-c2ccoc2)cc1)C(=O)NCc1cccs1. The van der Waals surface area contributed by atoms with Crippen LogP contribution < -0.4 is 10.6 Å². The van der Waals surface area contributed by atoms with Crippen LogP contribution in [-0.2, 0) is 22.7 Å². The maximum Gasteiger partial charge on any atom is 0.309 e. The Kier molecular flexibility index (Phi) is 5.08. The largest absolute Gasteiger partial charge is 0.472 e. The second-order valence-electron chi connectivity index (χ2n) is 5.15. The first-order valence-electron chi connectivity index (χ1n) is 7.42. The smallest absolute Gasteiger partial charge is 0.309 e. The summed E-state index contributed by atoms with van der Waals surface area (Å²) >= 11 is 1.53. The molecule has 6 heteroatoms. The van der Waals surface area contributed by atoms with Crippen molar-refractivity contribution in [1.29, 1.82) is 0 Å². The maximum atomic E-state index is 11.8. The van der Waals surface area contributed by atoms with E-state index in [9.17, 15) is 9.59 Å². The molecular weight excluding hydrogens is 324 g/mol. The van der Waals surface area contributed by atoms with Gasteiger partial charge in [0.15, 0.2) is 0 Å². The van der Waals surface area contributed by atoms with E-state index in [1.807, 2.05) is 47.8 Å². The van der Waals surface area contributed by atoms with Gasteiger partial charge in [-0.3, -0.25) is 9.59 Å². The quantitative estimate of drug-likeness (QED) is 0.702. The molecule has 122 valence electrons. The van der Waals surface area contributed by atoms with Crippen LogP contribution in [0.25, 0.3) is 11.1 Å². The van der Waals surface area contributed by atoms with Crippen molar-refractivity contribution in [3.63, 3.8) is 0 Å². The van der Waals surface area contributed by atoms with E-state index in [1.54, 1.807) is 12.5 Å². The van der Waals surface area contributed by atoms with Crippen molar-refractivity contribution in [2.24, 2.45) is 0 Å². The summed E-state index contributed by atoms with van der Waals surface area (Å²) in [5, 5.41) is 7.14. The first-order valence-corrected chi connectivity index (χ1v) is 8.30. The van der Waals surface area contributed by atoms with Crippen molar-refractivity contribution in [1.82, 2.24) is 10.6 Å². The molecule has 0 aliphatic heterocycles. The van der Waals surface area contributed by atoms with E-state index in [1.165, 1.54) is 11.3 Å². The summed E-state index contributed by atoms with van der Waals surface area (Å²) in [5.41, 5.74) is 2.95. The third-order valence-electron chi connectivity index (χ3n) is 3.47. The number of hydrogen-bond acceptors (Lipinski definition) is 4. The molecule has 3 rings (SSSR count). The van der Waals surface area contributed by atoms with Crippen LogP contribution in [0.2, 0.25) is 0 Å². The number of amides is 2. The summed E-state index contributed by atoms with van der Waals surface area (Å²) in [6.07, 6.45) is 3.30. The second kappa shape index (κ2) is 7.61. The standard InChI is InChI=1S/C18H16N2O3S/c21-17(18(22)20-11-16-2-1-9-24-16)19-10-13-3-5-14(6-4-13)15-7-8-23-12-15/h1-9,12H,10-11H2,(H,19,21)(H,20,22). The lowest BCUT2D eigenvalue weighted by Gasteiger charge is -2.06. The molecule has 5 nitrogen and oxygen atoms in total. The van der Waals surface area contributed by atoms with Gasteiger partial charge >= 0.3 is 11.8 Å². The third kappa shape index (κ3) is 4.11. The molecule has 0 unspecified atom stereocenters. The maximum absolute atomic E-state index is 11.8. The highest BCUT2D eigenvalue weighted by molar-refractivity contribution is 7.09. The average Bonchev–Trinajstić information content (AvgIpc) is 3.31. The lowest BCUT2D eigenvalue weighted by molar-refractivity contribution is -0.139. The summed E-state index contributed by atoms with van der Waals surface area (Å²) in [6.45, 7) is 0.667. The van der Waals surface area contributed by atoms with Gasteiger partial charge in [-0.15, -0.1) is 11.3 Å². The van der Waals surface area contributed by atoms with E-state index in [2.05, 4.69) is 10.6 Å². The van der Waals surface area contributed by atoms with E-state index >= 15 is 0 Å². The summed E-state index contributed by atoms with van der Waals surface area (Å²) < 4.78 is 5.05. The van der Waals surface area contributed by atoms with Crippen LogP contribution in [0.15, 0.2) is 64.8 Å². The molecule has 2 N–H and O–H groups in total. The number of carbonyl (C=O) groups excluding carboxylic acids is 2. The number of carbonyl (C=O) groups is 2. The fourth-order valence-electron chi connectivity index (χ4n) is 2.17. The Morgan fingerprint density at radius 2 is 1.67 bits per heavy atom. The van der Waals surface area contributed by atoms with Gasteiger partial charge in [0.05, 0.1) is 19.1 Å². The molecule has 24 heavy (non-hydrogen) atoms. The van der Waals surface area contributed by atoms with Gasteiger partial charge in [-0.25, -0.2) is 0 Å². The molecule has 0 aliphatic rings. The van der Waals surface area contributed by atoms with Gasteiger partial charge < -0.3 is 15.1 Å². The van der Waals surface area contributed by atoms with Crippen LogP contribution in [0.5, 0.6) is 0 Å². The molecule has 0 saturated carbocycles. The Labute approximate surface area is 143 Å². The second-order valence-corrected chi connectivity index (χ2v) is 6.19. The average molecular weight is 340 g/mol. The Morgan fingerprint density at radius 1 is 0.917 bits per heavy atom. The molecular formula is C18H16N2O3S. The fourth-order valence-corrected chi connectivity index (χ4v) is 2.81. The number of benzene rings is 1. The summed E-state index contributed by atoms with van der Waals surface area (Å²) in [5.74, 6) is -1.26. The minimum atomic E-state index is -0.634. The Bertz CT molecular complexity index is 793. The number of rotatable bonds is 5. The normalized spacial score (nSPS) is 10.3. The van der Waals surface area contributed by atoms with Crippen molar-refractivity contribution in [3.8, 4) is 11.1 Å². The van der Waals surface area contributed by atoms with Crippen LogP contribution >= 0.6 is 11.3 Å². The van der Waals surface area contributed by atoms with Crippen LogP contribution in [0.1, 0.15) is 10.4 Å². The highest BCUT2D eigenvalue weighted by Crippen LogP contribution is 2.19. The van der Waals surface area contributed by atoms with Gasteiger partial charge in [0.2, 0.25) is 0 Å². The zero-order valence-electron chi connectivity index (χ0n) is 12.8. The van der Waals surface area contributed by atoms with Crippen molar-refractivity contribution in [2.45, 2.75) is 13.1 Å². The molecule has 0 radical (unpaired) electrons. The minimum absolute atomic E-state index is 0.303. The molecule has 0 bridgehead atoms. The minimum Gasteiger partial charge on any atom is -0.472 e. The molecule has 2 amide bonds. The van der Waals surface area contributed by atoms with Gasteiger partial charge in [0.1, 0.15) is 0 Å². The van der Waals surface area contributed by atoms with Gasteiger partial charge in [0.25, 0.3) is 0 Å². The topological polar surface area (TPSA) is 71.3 Å². The predicted molar refractivity (Wildman–Crippen MR) is 92.2 cm³/mol. The van der Waals surface area contributed by atoms with Crippen LogP contribution in [0.3, 0.4) is 0 Å². The van der Waals surface area contributed by atoms with Crippen molar-refractivity contribution in [2.75, 3.05) is 0 Å². The predicted octanol–water partition coefficient (Wildman–Crippen LogP) is 2.94. The summed E-state index contributed by atoms with van der Waals surface area (Å²) in [4.78, 5) is 24.5. The van der Waals surface area contributed by atoms with E-state index in [0.29, 0.717) is 13.1 Å². The Hall–Kier alpha value is -2.86. The third-order valence-corrected chi connectivity index (χ3v) is 4.35. The number of furan rings is 1. The molecule has 2 aromatic heterocycles. The Morgan fingerprint density at radius 3 is 2.29 bits per heavy atom. The van der Waals surface area contributed by atoms with Gasteiger partial charge in [0, 0.05) is 17.0 Å². The van der Waals surface area contributed by atoms with Crippen LogP contribution in [0.4, 0.5) is 0 Å². The molecule has 0 atom stereocenters. The number of thiophene rings is 1. The molecule has 0 spiro atoms. The van der Waals surface area contributed by atoms with E-state index in [-0.39, 0.29) is 0 Å². The molecule has 3 aromatic rings. The van der Waals surface area contributed by atoms with E-state index in [4.69, 9.17) is 4.42 Å². The van der Waals surface area contributed by atoms with Gasteiger partial charge in [-0.1, -0.05) is 30.3 Å². The van der Waals surface area contributed by atoms with Crippen molar-refractivity contribution < 1.29 is 14.0 Å². The molecule has 0 aliphatic carbocycles. The molecule has 2 heterocycles. The highest BCUT2D eigenvalue weighted by Gasteiger charge is 2.12. The first-order chi connectivity index (χ1) is 11.7. The zero-order valence-corrected chi connectivity index (χ0v) is 13.6. The number of nitrogens with one attached hydrogen (secondary N) is 2. The van der Waals surface area contributed by atoms with E-state index < -0.39 is 11.8 Å². The molecule has 1 aromatic carbocycles. The van der Waals surface area contributed by atoms with Crippen LogP contribution in [0, 0.1) is 0 Å². The summed E-state index contributed by atoms with van der Waals surface area (Å²) in [7, 11) is 0. The van der Waals surface area contributed by atoms with E-state index in [0.717, 1.165) is 21.6 Å². The Balaban J connectivity index is 1.48. The lowest BCUT2D eigenvalue weighted by Crippen LogP contribution is -2.39. The molecule has 0 fully saturated rings. The first kappa shape index (κ1) is 16.0. The van der Waals surface area contributed by atoms with Crippen molar-refractivity contribution in [3.05, 3.63) is 70.8 Å². The highest BCUT2D eigenvalue weighted by atomic mass is 32.1. The monoisotopic (exact) mass is 340 g/mol. The lowest BCUT2D eigenvalue weighted by atomic mass is 10.1. The fraction of sp³-hybridized carbons (Fsp3) is 0.111. The van der Waals surface area contributed by atoms with Gasteiger partial charge in [-0.05, 0) is 28.6 Å². The van der Waals surface area contributed by atoms with Crippen LogP contribution in [-0.4, -0.2) is 11.8 Å². The van der Waals surface area contributed by atoms with Crippen molar-refractivity contribution >= 4 is 23.2 Å². The summed E-state index contributed by atoms with van der Waals surface area (Å²) in [6, 6.07) is 13.4. The number of hydrogen-bond donors (Lipinski definition) is 2.